The van der Waals surface area contributed by atoms with Crippen molar-refractivity contribution >= 4 is 30.0 Å². The monoisotopic (exact) mass is 410 g/mol. The number of hydrogen-bond donors (Lipinski definition) is 2. The Hall–Kier alpha value is -1.79. The first-order chi connectivity index (χ1) is 13.2. The zero-order valence-corrected chi connectivity index (χ0v) is 17.3. The van der Waals surface area contributed by atoms with E-state index in [0.29, 0.717) is 18.8 Å². The second-order valence-corrected chi connectivity index (χ2v) is 7.59. The SMILES string of the molecule is COC(=O)C1CCC(C(=O)Nc2ccc(OCC3CCNCC3)cc2)CC1.Cl. The molecule has 0 radical (unpaired) electrons. The van der Waals surface area contributed by atoms with Crippen molar-refractivity contribution in [2.75, 3.05) is 32.1 Å². The number of rotatable bonds is 6. The number of halogens is 1. The van der Waals surface area contributed by atoms with Crippen LogP contribution in [0.25, 0.3) is 0 Å². The van der Waals surface area contributed by atoms with Crippen LogP contribution in [0.3, 0.4) is 0 Å². The molecule has 2 aliphatic rings. The Morgan fingerprint density at radius 2 is 1.61 bits per heavy atom. The number of ether oxygens (including phenoxy) is 2. The van der Waals surface area contributed by atoms with Gasteiger partial charge in [0.25, 0.3) is 0 Å². The van der Waals surface area contributed by atoms with E-state index in [2.05, 4.69) is 10.6 Å². The van der Waals surface area contributed by atoms with Crippen molar-refractivity contribution in [3.63, 3.8) is 0 Å². The van der Waals surface area contributed by atoms with Gasteiger partial charge < -0.3 is 20.1 Å². The van der Waals surface area contributed by atoms with Gasteiger partial charge >= 0.3 is 5.97 Å². The van der Waals surface area contributed by atoms with Crippen molar-refractivity contribution in [1.82, 2.24) is 5.32 Å². The molecule has 1 aliphatic heterocycles. The van der Waals surface area contributed by atoms with Crippen molar-refractivity contribution in [3.8, 4) is 5.75 Å². The molecular weight excluding hydrogens is 380 g/mol. The van der Waals surface area contributed by atoms with E-state index in [-0.39, 0.29) is 36.1 Å². The molecule has 1 heterocycles. The second-order valence-electron chi connectivity index (χ2n) is 7.59. The molecule has 1 amide bonds. The van der Waals surface area contributed by atoms with Crippen LogP contribution in [0, 0.1) is 17.8 Å². The van der Waals surface area contributed by atoms with Crippen LogP contribution in [-0.2, 0) is 14.3 Å². The molecule has 0 unspecified atom stereocenters. The third kappa shape index (κ3) is 6.38. The fourth-order valence-electron chi connectivity index (χ4n) is 3.90. The molecule has 3 rings (SSSR count). The Balaban J connectivity index is 0.00000280. The lowest BCUT2D eigenvalue weighted by Crippen LogP contribution is -2.30. The normalized spacial score (nSPS) is 22.6. The van der Waals surface area contributed by atoms with E-state index < -0.39 is 0 Å². The zero-order valence-electron chi connectivity index (χ0n) is 16.4. The highest BCUT2D eigenvalue weighted by atomic mass is 35.5. The van der Waals surface area contributed by atoms with Crippen molar-refractivity contribution in [2.45, 2.75) is 38.5 Å². The average molecular weight is 411 g/mol. The average Bonchev–Trinajstić information content (AvgIpc) is 2.73. The number of carbonyl (C=O) groups is 2. The summed E-state index contributed by atoms with van der Waals surface area (Å²) in [6, 6.07) is 7.58. The maximum atomic E-state index is 12.5. The number of hydrogen-bond acceptors (Lipinski definition) is 5. The van der Waals surface area contributed by atoms with Crippen LogP contribution in [0.1, 0.15) is 38.5 Å². The van der Waals surface area contributed by atoms with Gasteiger partial charge in [0.05, 0.1) is 19.6 Å². The molecule has 1 aliphatic carbocycles. The van der Waals surface area contributed by atoms with Gasteiger partial charge in [0.2, 0.25) is 5.91 Å². The number of methoxy groups -OCH3 is 1. The van der Waals surface area contributed by atoms with Gasteiger partial charge in [-0.25, -0.2) is 0 Å². The molecule has 1 aromatic rings. The van der Waals surface area contributed by atoms with E-state index in [4.69, 9.17) is 9.47 Å². The van der Waals surface area contributed by atoms with E-state index in [1.165, 1.54) is 7.11 Å². The largest absolute Gasteiger partial charge is 0.493 e. The van der Waals surface area contributed by atoms with Crippen LogP contribution in [0.2, 0.25) is 0 Å². The van der Waals surface area contributed by atoms with E-state index >= 15 is 0 Å². The molecule has 0 spiro atoms. The molecule has 6 nitrogen and oxygen atoms in total. The Morgan fingerprint density at radius 3 is 2.21 bits per heavy atom. The molecule has 2 fully saturated rings. The Kier molecular flexibility index (Phi) is 9.06. The topological polar surface area (TPSA) is 76.7 Å². The van der Waals surface area contributed by atoms with Crippen LogP contribution in [0.4, 0.5) is 5.69 Å². The molecule has 7 heteroatoms. The molecule has 28 heavy (non-hydrogen) atoms. The summed E-state index contributed by atoms with van der Waals surface area (Å²) >= 11 is 0. The summed E-state index contributed by atoms with van der Waals surface area (Å²) in [6.07, 6.45) is 5.20. The number of benzene rings is 1. The molecule has 0 aromatic heterocycles. The van der Waals surface area contributed by atoms with Gasteiger partial charge in [-0.15, -0.1) is 12.4 Å². The maximum absolute atomic E-state index is 12.5. The summed E-state index contributed by atoms with van der Waals surface area (Å²) in [5, 5.41) is 6.34. The number of amides is 1. The predicted molar refractivity (Wildman–Crippen MR) is 111 cm³/mol. The molecule has 1 saturated heterocycles. The first kappa shape index (κ1) is 22.5. The fraction of sp³-hybridized carbons (Fsp3) is 0.619. The third-order valence-corrected chi connectivity index (χ3v) is 5.70. The summed E-state index contributed by atoms with van der Waals surface area (Å²) in [6.45, 7) is 2.89. The summed E-state index contributed by atoms with van der Waals surface area (Å²) in [5.74, 6) is 1.23. The van der Waals surface area contributed by atoms with Crippen molar-refractivity contribution in [1.29, 1.82) is 0 Å². The van der Waals surface area contributed by atoms with Gasteiger partial charge in [0, 0.05) is 11.6 Å². The Labute approximate surface area is 173 Å². The number of piperidine rings is 1. The van der Waals surface area contributed by atoms with Crippen molar-refractivity contribution in [3.05, 3.63) is 24.3 Å². The maximum Gasteiger partial charge on any atom is 0.308 e. The van der Waals surface area contributed by atoms with Gasteiger partial charge in [0.15, 0.2) is 0 Å². The van der Waals surface area contributed by atoms with Crippen molar-refractivity contribution in [2.24, 2.45) is 17.8 Å². The zero-order chi connectivity index (χ0) is 19.1. The van der Waals surface area contributed by atoms with Crippen LogP contribution in [0.5, 0.6) is 5.75 Å². The van der Waals surface area contributed by atoms with Gasteiger partial charge in [-0.1, -0.05) is 0 Å². The van der Waals surface area contributed by atoms with E-state index in [0.717, 1.165) is 56.8 Å². The first-order valence-electron chi connectivity index (χ1n) is 9.98. The number of anilines is 1. The summed E-state index contributed by atoms with van der Waals surface area (Å²) in [5.41, 5.74) is 0.782. The first-order valence-corrected chi connectivity index (χ1v) is 9.98. The molecular formula is C21H31ClN2O4. The van der Waals surface area contributed by atoms with Crippen LogP contribution >= 0.6 is 12.4 Å². The highest BCUT2D eigenvalue weighted by Gasteiger charge is 2.30. The van der Waals surface area contributed by atoms with E-state index in [1.807, 2.05) is 24.3 Å². The molecule has 0 atom stereocenters. The van der Waals surface area contributed by atoms with Crippen molar-refractivity contribution < 1.29 is 19.1 Å². The van der Waals surface area contributed by atoms with E-state index in [9.17, 15) is 9.59 Å². The minimum absolute atomic E-state index is 0. The fourth-order valence-corrected chi connectivity index (χ4v) is 3.90. The summed E-state index contributed by atoms with van der Waals surface area (Å²) in [7, 11) is 1.42. The van der Waals surface area contributed by atoms with Gasteiger partial charge in [-0.05, 0) is 81.8 Å². The minimum atomic E-state index is -0.158. The Bertz CT molecular complexity index is 624. The second kappa shape index (κ2) is 11.3. The third-order valence-electron chi connectivity index (χ3n) is 5.70. The van der Waals surface area contributed by atoms with Crippen LogP contribution in [0.15, 0.2) is 24.3 Å². The van der Waals surface area contributed by atoms with Gasteiger partial charge in [-0.3, -0.25) is 9.59 Å². The molecule has 0 bridgehead atoms. The highest BCUT2D eigenvalue weighted by Crippen LogP contribution is 2.30. The number of carbonyl (C=O) groups excluding carboxylic acids is 2. The summed E-state index contributed by atoms with van der Waals surface area (Å²) < 4.78 is 10.7. The molecule has 1 aromatic carbocycles. The predicted octanol–water partition coefficient (Wildman–Crippen LogP) is 3.40. The lowest BCUT2D eigenvalue weighted by molar-refractivity contribution is -0.147. The smallest absolute Gasteiger partial charge is 0.308 e. The molecule has 156 valence electrons. The van der Waals surface area contributed by atoms with Gasteiger partial charge in [-0.2, -0.15) is 0 Å². The minimum Gasteiger partial charge on any atom is -0.493 e. The Morgan fingerprint density at radius 1 is 1.00 bits per heavy atom. The molecule has 2 N–H and O–H groups in total. The quantitative estimate of drug-likeness (QED) is 0.703. The van der Waals surface area contributed by atoms with E-state index in [1.54, 1.807) is 0 Å². The van der Waals surface area contributed by atoms with Gasteiger partial charge in [0.1, 0.15) is 5.75 Å². The molecule has 1 saturated carbocycles. The van der Waals surface area contributed by atoms with Crippen LogP contribution in [-0.4, -0.2) is 38.7 Å². The lowest BCUT2D eigenvalue weighted by Gasteiger charge is -2.26. The summed E-state index contributed by atoms with van der Waals surface area (Å²) in [4.78, 5) is 24.0. The highest BCUT2D eigenvalue weighted by molar-refractivity contribution is 5.92. The lowest BCUT2D eigenvalue weighted by atomic mass is 9.81. The number of esters is 1. The standard InChI is InChI=1S/C21H30N2O4.ClH/c1-26-21(25)17-4-2-16(3-5-17)20(24)23-18-6-8-19(9-7-18)27-14-15-10-12-22-13-11-15;/h6-9,15-17,22H,2-5,10-14H2,1H3,(H,23,24);1H. The number of nitrogens with one attached hydrogen (secondary N) is 2. The van der Waals surface area contributed by atoms with Crippen LogP contribution < -0.4 is 15.4 Å².